The van der Waals surface area contributed by atoms with Gasteiger partial charge < -0.3 is 30.7 Å². The van der Waals surface area contributed by atoms with Gasteiger partial charge in [0.2, 0.25) is 0 Å². The maximum absolute atomic E-state index is 13.5. The Balaban J connectivity index is 1.57. The molecule has 3 aromatic rings. The van der Waals surface area contributed by atoms with Crippen LogP contribution < -0.4 is 26.6 Å². The molecule has 200 valence electrons. The van der Waals surface area contributed by atoms with E-state index < -0.39 is 47.3 Å². The lowest BCUT2D eigenvalue weighted by molar-refractivity contribution is -0.308. The van der Waals surface area contributed by atoms with Gasteiger partial charge in [-0.15, -0.1) is 0 Å². The Morgan fingerprint density at radius 2 is 1.92 bits per heavy atom. The highest BCUT2D eigenvalue weighted by molar-refractivity contribution is 5.95. The maximum Gasteiger partial charge on any atom is 0.417 e. The Bertz CT molecular complexity index is 1460. The number of H-pyrrole nitrogens is 1. The molecule has 1 aliphatic rings. The molecule has 0 saturated carbocycles. The summed E-state index contributed by atoms with van der Waals surface area (Å²) in [7, 11) is 0. The van der Waals surface area contributed by atoms with Crippen molar-refractivity contribution in [2.24, 2.45) is 5.73 Å². The molecule has 38 heavy (non-hydrogen) atoms. The predicted molar refractivity (Wildman–Crippen MR) is 128 cm³/mol. The van der Waals surface area contributed by atoms with Crippen LogP contribution in [0.3, 0.4) is 0 Å². The van der Waals surface area contributed by atoms with Crippen molar-refractivity contribution < 1.29 is 37.4 Å². The number of fused-ring (bicyclic) bond motifs is 1. The molecule has 0 spiro atoms. The monoisotopic (exact) mass is 531 g/mol. The van der Waals surface area contributed by atoms with Crippen molar-refractivity contribution in [1.29, 1.82) is 0 Å². The number of aromatic nitrogens is 1. The van der Waals surface area contributed by atoms with Crippen LogP contribution in [0.15, 0.2) is 53.3 Å². The number of aromatic amines is 1. The van der Waals surface area contributed by atoms with E-state index >= 15 is 0 Å². The van der Waals surface area contributed by atoms with Crippen molar-refractivity contribution in [3.63, 3.8) is 0 Å². The summed E-state index contributed by atoms with van der Waals surface area (Å²) in [6, 6.07) is 9.39. The number of pyridine rings is 1. The summed E-state index contributed by atoms with van der Waals surface area (Å²) in [6.07, 6.45) is -6.44. The number of rotatable bonds is 9. The number of ketones is 1. The van der Waals surface area contributed by atoms with Crippen LogP contribution in [0.4, 0.5) is 23.7 Å². The first-order valence-electron chi connectivity index (χ1n) is 11.5. The van der Waals surface area contributed by atoms with Crippen LogP contribution in [0.2, 0.25) is 0 Å². The lowest BCUT2D eigenvalue weighted by Gasteiger charge is -2.21. The first kappa shape index (κ1) is 26.8. The summed E-state index contributed by atoms with van der Waals surface area (Å²) >= 11 is 0. The number of hydrogen-bond acceptors (Lipinski definition) is 8. The number of carbonyl (C=O) groups excluding carboxylic acids is 3. The number of benzene rings is 2. The second-order valence-corrected chi connectivity index (χ2v) is 8.67. The number of cyclic esters (lactones) is 1. The van der Waals surface area contributed by atoms with Gasteiger partial charge in [-0.1, -0.05) is 24.3 Å². The largest absolute Gasteiger partial charge is 0.548 e. The smallest absolute Gasteiger partial charge is 0.417 e. The first-order chi connectivity index (χ1) is 18.0. The molecular formula is C25H22F3N4O6-. The molecule has 2 atom stereocenters. The van der Waals surface area contributed by atoms with Gasteiger partial charge in [-0.2, -0.15) is 13.2 Å². The van der Waals surface area contributed by atoms with Crippen molar-refractivity contribution in [2.75, 3.05) is 24.5 Å². The fourth-order valence-corrected chi connectivity index (χ4v) is 4.22. The fourth-order valence-electron chi connectivity index (χ4n) is 4.22. The third-order valence-electron chi connectivity index (χ3n) is 6.09. The molecule has 13 heteroatoms. The zero-order chi connectivity index (χ0) is 27.6. The second-order valence-electron chi connectivity index (χ2n) is 8.67. The highest BCUT2D eigenvalue weighted by Gasteiger charge is 2.35. The van der Waals surface area contributed by atoms with E-state index in [0.717, 1.165) is 6.07 Å². The number of amides is 1. The van der Waals surface area contributed by atoms with Crippen molar-refractivity contribution in [3.8, 4) is 11.3 Å². The predicted octanol–water partition coefficient (Wildman–Crippen LogP) is 1.17. The van der Waals surface area contributed by atoms with Crippen molar-refractivity contribution in [1.82, 2.24) is 10.3 Å². The van der Waals surface area contributed by atoms with Gasteiger partial charge in [0.15, 0.2) is 5.78 Å². The number of carboxylic acid groups (broad SMARTS) is 1. The van der Waals surface area contributed by atoms with Crippen molar-refractivity contribution >= 4 is 34.3 Å². The number of carbonyl (C=O) groups is 3. The molecule has 1 amide bonds. The van der Waals surface area contributed by atoms with Crippen LogP contribution >= 0.6 is 0 Å². The van der Waals surface area contributed by atoms with Gasteiger partial charge in [-0.25, -0.2) is 4.79 Å². The van der Waals surface area contributed by atoms with Crippen LogP contribution in [-0.2, 0) is 20.5 Å². The molecule has 4 rings (SSSR count). The third-order valence-corrected chi connectivity index (χ3v) is 6.09. The van der Waals surface area contributed by atoms with E-state index in [4.69, 9.17) is 10.5 Å². The molecule has 1 fully saturated rings. The van der Waals surface area contributed by atoms with E-state index in [9.17, 15) is 37.5 Å². The summed E-state index contributed by atoms with van der Waals surface area (Å²) in [5, 5.41) is 14.4. The van der Waals surface area contributed by atoms with E-state index in [1.807, 2.05) is 0 Å². The summed E-state index contributed by atoms with van der Waals surface area (Å²) in [5.74, 6) is -1.89. The molecule has 0 aliphatic carbocycles. The highest BCUT2D eigenvalue weighted by atomic mass is 19.4. The van der Waals surface area contributed by atoms with E-state index in [2.05, 4.69) is 10.3 Å². The molecule has 1 unspecified atom stereocenters. The standard InChI is InChI=1S/C25H23F3N4O6/c26-25(27,28)19-4-2-1-3-17(19)20-7-13-5-6-14(8-18(13)22(34)31-20)32-12-16(38-24(32)37)9-21(23(35)36)30-11-15(33)10-29/h1-8,16,21,30H,9-12,29H2,(H,31,34)(H,35,36)/p-1/t16?,21-/m0/s1. The number of Topliss-reactive ketones (excluding diaryl/α,β-unsaturated/α-hetero) is 1. The number of hydrogen-bond donors (Lipinski definition) is 3. The third kappa shape index (κ3) is 5.68. The number of nitrogens with zero attached hydrogens (tertiary/aromatic N) is 1. The number of ether oxygens (including phenoxy) is 1. The van der Waals surface area contributed by atoms with Crippen LogP contribution in [0.25, 0.3) is 22.0 Å². The first-order valence-corrected chi connectivity index (χ1v) is 11.5. The van der Waals surface area contributed by atoms with Crippen LogP contribution in [0.1, 0.15) is 12.0 Å². The number of alkyl halides is 3. The zero-order valence-electron chi connectivity index (χ0n) is 19.7. The topological polar surface area (TPSA) is 158 Å². The van der Waals surface area contributed by atoms with E-state index in [-0.39, 0.29) is 48.4 Å². The van der Waals surface area contributed by atoms with Crippen LogP contribution in [-0.4, -0.2) is 54.6 Å². The number of nitrogens with one attached hydrogen (secondary N) is 2. The minimum Gasteiger partial charge on any atom is -0.548 e. The summed E-state index contributed by atoms with van der Waals surface area (Å²) in [6.45, 7) is -0.603. The van der Waals surface area contributed by atoms with Crippen LogP contribution in [0, 0.1) is 0 Å². The molecule has 0 radical (unpaired) electrons. The molecular weight excluding hydrogens is 509 g/mol. The highest BCUT2D eigenvalue weighted by Crippen LogP contribution is 2.36. The number of carboxylic acids is 1. The molecule has 2 heterocycles. The summed E-state index contributed by atoms with van der Waals surface area (Å²) in [5.41, 5.74) is 3.73. The summed E-state index contributed by atoms with van der Waals surface area (Å²) in [4.78, 5) is 51.8. The Kier molecular flexibility index (Phi) is 7.51. The number of halogens is 3. The van der Waals surface area contributed by atoms with Crippen LogP contribution in [0.5, 0.6) is 0 Å². The average molecular weight is 531 g/mol. The minimum atomic E-state index is -4.62. The zero-order valence-corrected chi connectivity index (χ0v) is 19.7. The SMILES string of the molecule is NCC(=O)CN[C@@H](CC1CN(c2ccc3cc(-c4ccccc4C(F)(F)F)[nH]c(=O)c3c2)C(=O)O1)C(=O)[O-]. The Labute approximate surface area is 213 Å². The number of nitrogens with two attached hydrogens (primary N) is 1. The van der Waals surface area contributed by atoms with Crippen molar-refractivity contribution in [3.05, 3.63) is 64.4 Å². The van der Waals surface area contributed by atoms with E-state index in [1.54, 1.807) is 0 Å². The van der Waals surface area contributed by atoms with Gasteiger partial charge in [-0.05, 0) is 29.7 Å². The lowest BCUT2D eigenvalue weighted by Crippen LogP contribution is -2.49. The van der Waals surface area contributed by atoms with Gasteiger partial charge in [0.1, 0.15) is 6.10 Å². The van der Waals surface area contributed by atoms with E-state index in [0.29, 0.717) is 5.39 Å². The minimum absolute atomic E-state index is 0.0160. The van der Waals surface area contributed by atoms with Gasteiger partial charge in [0.25, 0.3) is 5.56 Å². The molecule has 1 saturated heterocycles. The maximum atomic E-state index is 13.5. The van der Waals surface area contributed by atoms with E-state index in [1.165, 1.54) is 47.4 Å². The second kappa shape index (κ2) is 10.6. The van der Waals surface area contributed by atoms with Gasteiger partial charge in [0.05, 0.1) is 37.2 Å². The Hall–Kier alpha value is -4.23. The number of anilines is 1. The Morgan fingerprint density at radius 3 is 2.61 bits per heavy atom. The van der Waals surface area contributed by atoms with Gasteiger partial charge in [-0.3, -0.25) is 14.5 Å². The molecule has 1 aromatic heterocycles. The van der Waals surface area contributed by atoms with Gasteiger partial charge in [0, 0.05) is 28.8 Å². The molecule has 2 aromatic carbocycles. The summed E-state index contributed by atoms with van der Waals surface area (Å²) < 4.78 is 45.6. The molecule has 0 bridgehead atoms. The number of aliphatic carboxylic acids is 1. The molecule has 10 nitrogen and oxygen atoms in total. The van der Waals surface area contributed by atoms with Crippen molar-refractivity contribution in [2.45, 2.75) is 24.7 Å². The quantitative estimate of drug-likeness (QED) is 0.371. The average Bonchev–Trinajstić information content (AvgIpc) is 3.25. The van der Waals surface area contributed by atoms with Gasteiger partial charge >= 0.3 is 12.3 Å². The lowest BCUT2D eigenvalue weighted by atomic mass is 10.0. The molecule has 4 N–H and O–H groups in total. The molecule has 1 aliphatic heterocycles. The normalized spacial score (nSPS) is 16.5. The Morgan fingerprint density at radius 1 is 1.18 bits per heavy atom. The fraction of sp³-hybridized carbons (Fsp3) is 0.280.